The van der Waals surface area contributed by atoms with Crippen LogP contribution in [0.2, 0.25) is 0 Å². The monoisotopic (exact) mass is 97.1 g/mol. The maximum Gasteiger partial charge on any atom is 0.0429 e. The number of rotatable bonds is 1. The Labute approximate surface area is 44.4 Å². The molecule has 0 bridgehead atoms. The molecule has 1 heteroatoms. The molecule has 1 saturated heterocycles. The van der Waals surface area contributed by atoms with Gasteiger partial charge in [0.25, 0.3) is 0 Å². The summed E-state index contributed by atoms with van der Waals surface area (Å²) in [5.41, 5.74) is 1.26. The predicted octanol–water partition coefficient (Wildman–Crippen LogP) is 0.923. The summed E-state index contributed by atoms with van der Waals surface area (Å²) in [5.74, 6) is 0. The SMILES string of the molecule is C=C(C)C1NC1C. The second-order valence-electron chi connectivity index (χ2n) is 2.28. The van der Waals surface area contributed by atoms with Gasteiger partial charge in [0.1, 0.15) is 0 Å². The molecule has 1 aliphatic rings. The first kappa shape index (κ1) is 4.85. The van der Waals surface area contributed by atoms with Gasteiger partial charge in [-0.05, 0) is 13.8 Å². The molecule has 0 radical (unpaired) electrons. The molecule has 1 rings (SSSR count). The standard InChI is InChI=1S/C6H11N/c1-4(2)6-5(3)7-6/h5-7H,1H2,2-3H3. The lowest BCUT2D eigenvalue weighted by Crippen LogP contribution is -1.89. The van der Waals surface area contributed by atoms with Crippen molar-refractivity contribution < 1.29 is 0 Å². The minimum atomic E-state index is 0.625. The first-order valence-electron chi connectivity index (χ1n) is 2.63. The third kappa shape index (κ3) is 0.829. The Kier molecular flexibility index (Phi) is 0.927. The molecule has 0 aromatic rings. The van der Waals surface area contributed by atoms with Crippen molar-refractivity contribution in [3.05, 3.63) is 12.2 Å². The summed E-state index contributed by atoms with van der Waals surface area (Å²) in [4.78, 5) is 0. The van der Waals surface area contributed by atoms with Crippen LogP contribution in [0.3, 0.4) is 0 Å². The summed E-state index contributed by atoms with van der Waals surface area (Å²) in [6.07, 6.45) is 0. The van der Waals surface area contributed by atoms with E-state index in [0.29, 0.717) is 12.1 Å². The molecule has 0 aliphatic carbocycles. The van der Waals surface area contributed by atoms with Crippen LogP contribution in [0, 0.1) is 0 Å². The fourth-order valence-electron chi connectivity index (χ4n) is 0.797. The smallest absolute Gasteiger partial charge is 0.0429 e. The van der Waals surface area contributed by atoms with Crippen molar-refractivity contribution in [3.63, 3.8) is 0 Å². The fourth-order valence-corrected chi connectivity index (χ4v) is 0.797. The van der Waals surface area contributed by atoms with E-state index >= 15 is 0 Å². The van der Waals surface area contributed by atoms with Gasteiger partial charge in [-0.2, -0.15) is 0 Å². The van der Waals surface area contributed by atoms with E-state index in [1.165, 1.54) is 5.57 Å². The molecule has 2 unspecified atom stereocenters. The van der Waals surface area contributed by atoms with E-state index in [1.807, 2.05) is 0 Å². The molecule has 0 saturated carbocycles. The maximum atomic E-state index is 3.81. The first-order chi connectivity index (χ1) is 3.22. The molecule has 1 N–H and O–H groups in total. The maximum absolute atomic E-state index is 3.81. The molecule has 40 valence electrons. The lowest BCUT2D eigenvalue weighted by Gasteiger charge is -1.85. The van der Waals surface area contributed by atoms with Crippen LogP contribution in [0.4, 0.5) is 0 Å². The molecule has 1 fully saturated rings. The van der Waals surface area contributed by atoms with Gasteiger partial charge in [-0.15, -0.1) is 0 Å². The molecule has 7 heavy (non-hydrogen) atoms. The molecule has 2 atom stereocenters. The van der Waals surface area contributed by atoms with Crippen molar-refractivity contribution in [2.45, 2.75) is 25.9 Å². The van der Waals surface area contributed by atoms with Gasteiger partial charge in [0.15, 0.2) is 0 Å². The van der Waals surface area contributed by atoms with Gasteiger partial charge in [-0.1, -0.05) is 12.2 Å². The Morgan fingerprint density at radius 3 is 2.14 bits per heavy atom. The average Bonchev–Trinajstić information content (AvgIpc) is 2.17. The normalized spacial score (nSPS) is 38.0. The van der Waals surface area contributed by atoms with Crippen molar-refractivity contribution in [2.75, 3.05) is 0 Å². The zero-order valence-electron chi connectivity index (χ0n) is 4.86. The third-order valence-corrected chi connectivity index (χ3v) is 1.36. The summed E-state index contributed by atoms with van der Waals surface area (Å²) in [6.45, 7) is 8.03. The summed E-state index contributed by atoms with van der Waals surface area (Å²) in [5, 5.41) is 3.23. The van der Waals surface area contributed by atoms with Gasteiger partial charge in [-0.25, -0.2) is 0 Å². The Morgan fingerprint density at radius 2 is 2.14 bits per heavy atom. The van der Waals surface area contributed by atoms with Gasteiger partial charge >= 0.3 is 0 Å². The Morgan fingerprint density at radius 1 is 1.71 bits per heavy atom. The van der Waals surface area contributed by atoms with Crippen LogP contribution in [0.15, 0.2) is 12.2 Å². The van der Waals surface area contributed by atoms with E-state index in [-0.39, 0.29) is 0 Å². The predicted molar refractivity (Wildman–Crippen MR) is 31.2 cm³/mol. The van der Waals surface area contributed by atoms with Gasteiger partial charge in [0.05, 0.1) is 0 Å². The van der Waals surface area contributed by atoms with Crippen molar-refractivity contribution in [3.8, 4) is 0 Å². The van der Waals surface area contributed by atoms with E-state index in [4.69, 9.17) is 0 Å². The molecule has 0 aromatic carbocycles. The minimum Gasteiger partial charge on any atom is -0.305 e. The summed E-state index contributed by atoms with van der Waals surface area (Å²) >= 11 is 0. The van der Waals surface area contributed by atoms with Gasteiger partial charge < -0.3 is 5.32 Å². The minimum absolute atomic E-state index is 0.625. The molecule has 0 amide bonds. The van der Waals surface area contributed by atoms with Crippen LogP contribution in [-0.4, -0.2) is 12.1 Å². The van der Waals surface area contributed by atoms with Crippen LogP contribution in [0.25, 0.3) is 0 Å². The lowest BCUT2D eigenvalue weighted by atomic mass is 10.2. The van der Waals surface area contributed by atoms with Crippen molar-refractivity contribution >= 4 is 0 Å². The largest absolute Gasteiger partial charge is 0.305 e. The van der Waals surface area contributed by atoms with Crippen molar-refractivity contribution in [2.24, 2.45) is 0 Å². The van der Waals surface area contributed by atoms with Crippen LogP contribution in [0.1, 0.15) is 13.8 Å². The zero-order chi connectivity index (χ0) is 5.44. The average molecular weight is 97.2 g/mol. The fraction of sp³-hybridized carbons (Fsp3) is 0.667. The quantitative estimate of drug-likeness (QED) is 0.381. The zero-order valence-corrected chi connectivity index (χ0v) is 4.86. The van der Waals surface area contributed by atoms with Gasteiger partial charge in [-0.3, -0.25) is 0 Å². The third-order valence-electron chi connectivity index (χ3n) is 1.36. The van der Waals surface area contributed by atoms with Crippen LogP contribution >= 0.6 is 0 Å². The molecule has 0 spiro atoms. The van der Waals surface area contributed by atoms with Crippen molar-refractivity contribution in [1.82, 2.24) is 5.32 Å². The highest BCUT2D eigenvalue weighted by Gasteiger charge is 2.31. The topological polar surface area (TPSA) is 21.9 Å². The summed E-state index contributed by atoms with van der Waals surface area (Å²) < 4.78 is 0. The van der Waals surface area contributed by atoms with E-state index in [1.54, 1.807) is 0 Å². The molecule has 1 nitrogen and oxygen atoms in total. The molecular formula is C6H11N. The Balaban J connectivity index is 2.33. The number of nitrogens with one attached hydrogen (secondary N) is 1. The van der Waals surface area contributed by atoms with Crippen LogP contribution < -0.4 is 5.32 Å². The molecule has 1 heterocycles. The Bertz CT molecular complexity index is 96.4. The second-order valence-corrected chi connectivity index (χ2v) is 2.28. The van der Waals surface area contributed by atoms with Gasteiger partial charge in [0.2, 0.25) is 0 Å². The number of hydrogen-bond acceptors (Lipinski definition) is 1. The first-order valence-corrected chi connectivity index (χ1v) is 2.63. The lowest BCUT2D eigenvalue weighted by molar-refractivity contribution is 1.06. The van der Waals surface area contributed by atoms with Crippen LogP contribution in [-0.2, 0) is 0 Å². The highest BCUT2D eigenvalue weighted by atomic mass is 15.1. The van der Waals surface area contributed by atoms with E-state index < -0.39 is 0 Å². The van der Waals surface area contributed by atoms with E-state index in [9.17, 15) is 0 Å². The summed E-state index contributed by atoms with van der Waals surface area (Å²) in [6, 6.07) is 1.32. The molecule has 0 aromatic heterocycles. The second kappa shape index (κ2) is 1.34. The van der Waals surface area contributed by atoms with E-state index in [0.717, 1.165) is 0 Å². The van der Waals surface area contributed by atoms with E-state index in [2.05, 4.69) is 25.7 Å². The molecular weight excluding hydrogens is 86.1 g/mol. The van der Waals surface area contributed by atoms with Crippen molar-refractivity contribution in [1.29, 1.82) is 0 Å². The van der Waals surface area contributed by atoms with Gasteiger partial charge in [0, 0.05) is 12.1 Å². The highest BCUT2D eigenvalue weighted by molar-refractivity contribution is 5.16. The number of hydrogen-bond donors (Lipinski definition) is 1. The Hall–Kier alpha value is -0.300. The van der Waals surface area contributed by atoms with Crippen LogP contribution in [0.5, 0.6) is 0 Å². The highest BCUT2D eigenvalue weighted by Crippen LogP contribution is 2.15. The molecule has 1 aliphatic heterocycles. The summed E-state index contributed by atoms with van der Waals surface area (Å²) in [7, 11) is 0.